The van der Waals surface area contributed by atoms with Gasteiger partial charge in [-0.2, -0.15) is 0 Å². The van der Waals surface area contributed by atoms with Crippen LogP contribution in [-0.2, 0) is 0 Å². The van der Waals surface area contributed by atoms with Gasteiger partial charge in [0.2, 0.25) is 0 Å². The topological polar surface area (TPSA) is 3.24 Å². The minimum Gasteiger partial charge on any atom is -0.300 e. The van der Waals surface area contributed by atoms with E-state index in [1.54, 1.807) is 5.57 Å². The molecule has 90 valence electrons. The van der Waals surface area contributed by atoms with Gasteiger partial charge in [-0.1, -0.05) is 39.3 Å². The third kappa shape index (κ3) is 5.99. The van der Waals surface area contributed by atoms with Gasteiger partial charge in [0.15, 0.2) is 0 Å². The van der Waals surface area contributed by atoms with Crippen molar-refractivity contribution in [1.29, 1.82) is 0 Å². The van der Waals surface area contributed by atoms with Gasteiger partial charge in [0.05, 0.1) is 0 Å². The zero-order valence-electron chi connectivity index (χ0n) is 11.5. The van der Waals surface area contributed by atoms with Crippen molar-refractivity contribution in [2.24, 2.45) is 5.92 Å². The predicted molar refractivity (Wildman–Crippen MR) is 70.2 cm³/mol. The average molecular weight is 211 g/mol. The fourth-order valence-electron chi connectivity index (χ4n) is 1.97. The molecule has 1 nitrogen and oxygen atoms in total. The maximum atomic E-state index is 2.57. The lowest BCUT2D eigenvalue weighted by molar-refractivity contribution is 0.207. The van der Waals surface area contributed by atoms with Gasteiger partial charge >= 0.3 is 0 Å². The molecule has 0 atom stereocenters. The van der Waals surface area contributed by atoms with Crippen LogP contribution in [0, 0.1) is 5.92 Å². The summed E-state index contributed by atoms with van der Waals surface area (Å²) in [6, 6.07) is 0.723. The lowest BCUT2D eigenvalue weighted by Crippen LogP contribution is -2.36. The number of hydrogen-bond acceptors (Lipinski definition) is 1. The van der Waals surface area contributed by atoms with Crippen molar-refractivity contribution in [3.8, 4) is 0 Å². The smallest absolute Gasteiger partial charge is 0.00388 e. The van der Waals surface area contributed by atoms with Crippen molar-refractivity contribution in [2.45, 2.75) is 60.4 Å². The molecule has 0 bridgehead atoms. The van der Waals surface area contributed by atoms with Crippen LogP contribution >= 0.6 is 0 Å². The molecule has 0 aliphatic carbocycles. The molecule has 1 rings (SSSR count). The van der Waals surface area contributed by atoms with Gasteiger partial charge in [-0.05, 0) is 32.6 Å². The van der Waals surface area contributed by atoms with E-state index in [-0.39, 0.29) is 0 Å². The van der Waals surface area contributed by atoms with Gasteiger partial charge in [0.1, 0.15) is 0 Å². The van der Waals surface area contributed by atoms with E-state index in [9.17, 15) is 0 Å². The van der Waals surface area contributed by atoms with Crippen molar-refractivity contribution < 1.29 is 0 Å². The first-order valence-electron chi connectivity index (χ1n) is 6.53. The molecule has 1 heterocycles. The van der Waals surface area contributed by atoms with Gasteiger partial charge in [-0.15, -0.1) is 0 Å². The second kappa shape index (κ2) is 7.92. The van der Waals surface area contributed by atoms with Gasteiger partial charge in [-0.3, -0.25) is 0 Å². The summed E-state index contributed by atoms with van der Waals surface area (Å²) < 4.78 is 0. The Morgan fingerprint density at radius 2 is 1.47 bits per heavy atom. The van der Waals surface area contributed by atoms with E-state index in [1.807, 2.05) is 13.8 Å². The average Bonchev–Trinajstić information content (AvgIpc) is 2.20. The minimum absolute atomic E-state index is 0.723. The van der Waals surface area contributed by atoms with Crippen molar-refractivity contribution in [2.75, 3.05) is 13.1 Å². The summed E-state index contributed by atoms with van der Waals surface area (Å²) in [6.45, 7) is 15.6. The van der Waals surface area contributed by atoms with E-state index >= 15 is 0 Å². The zero-order valence-corrected chi connectivity index (χ0v) is 11.5. The summed E-state index contributed by atoms with van der Waals surface area (Å²) in [7, 11) is 0. The Bertz CT molecular complexity index is 170. The van der Waals surface area contributed by atoms with E-state index in [4.69, 9.17) is 0 Å². The molecule has 0 aromatic heterocycles. The van der Waals surface area contributed by atoms with E-state index in [2.05, 4.69) is 38.7 Å². The third-order valence-corrected chi connectivity index (χ3v) is 2.74. The van der Waals surface area contributed by atoms with E-state index in [0.717, 1.165) is 12.0 Å². The molecule has 0 aromatic carbocycles. The molecule has 0 spiro atoms. The molecule has 0 amide bonds. The summed E-state index contributed by atoms with van der Waals surface area (Å²) in [5, 5.41) is 0. The highest BCUT2D eigenvalue weighted by Crippen LogP contribution is 2.19. The molecular weight excluding hydrogens is 182 g/mol. The fourth-order valence-corrected chi connectivity index (χ4v) is 1.97. The quantitative estimate of drug-likeness (QED) is 0.622. The van der Waals surface area contributed by atoms with Crippen LogP contribution in [0.25, 0.3) is 0 Å². The standard InChI is InChI=1S/C12H23N.C2H6/c1-10(2)9-12-5-7-13(8-6-12)11(3)4;1-2/h9-11H,5-8H2,1-4H3;1-2H3. The molecule has 1 aliphatic heterocycles. The van der Waals surface area contributed by atoms with Crippen LogP contribution < -0.4 is 0 Å². The normalized spacial score (nSPS) is 17.7. The second-order valence-corrected chi connectivity index (χ2v) is 4.70. The van der Waals surface area contributed by atoms with E-state index < -0.39 is 0 Å². The van der Waals surface area contributed by atoms with Crippen LogP contribution in [0.3, 0.4) is 0 Å². The zero-order chi connectivity index (χ0) is 11.8. The van der Waals surface area contributed by atoms with Gasteiger partial charge in [-0.25, -0.2) is 0 Å². The Kier molecular flexibility index (Phi) is 7.76. The van der Waals surface area contributed by atoms with Crippen LogP contribution in [0.5, 0.6) is 0 Å². The minimum atomic E-state index is 0.723. The molecule has 1 saturated heterocycles. The number of piperidine rings is 1. The molecule has 0 aromatic rings. The van der Waals surface area contributed by atoms with Crippen molar-refractivity contribution in [3.05, 3.63) is 11.6 Å². The maximum Gasteiger partial charge on any atom is 0.00388 e. The highest BCUT2D eigenvalue weighted by molar-refractivity contribution is 5.07. The summed E-state index contributed by atoms with van der Waals surface area (Å²) in [6.07, 6.45) is 5.02. The molecule has 1 heteroatoms. The maximum absolute atomic E-state index is 2.57. The first kappa shape index (κ1) is 14.7. The highest BCUT2D eigenvalue weighted by atomic mass is 15.1. The van der Waals surface area contributed by atoms with Crippen molar-refractivity contribution in [1.82, 2.24) is 4.90 Å². The summed E-state index contributed by atoms with van der Waals surface area (Å²) >= 11 is 0. The monoisotopic (exact) mass is 211 g/mol. The van der Waals surface area contributed by atoms with E-state index in [0.29, 0.717) is 0 Å². The molecule has 1 aliphatic rings. The van der Waals surface area contributed by atoms with Crippen LogP contribution in [0.1, 0.15) is 54.4 Å². The molecule has 1 fully saturated rings. The lowest BCUT2D eigenvalue weighted by Gasteiger charge is -2.31. The Balaban J connectivity index is 0.000000921. The number of nitrogens with zero attached hydrogens (tertiary/aromatic N) is 1. The Morgan fingerprint density at radius 3 is 1.80 bits per heavy atom. The van der Waals surface area contributed by atoms with Crippen LogP contribution in [0.2, 0.25) is 0 Å². The number of rotatable bonds is 2. The van der Waals surface area contributed by atoms with Crippen molar-refractivity contribution in [3.63, 3.8) is 0 Å². The van der Waals surface area contributed by atoms with Crippen LogP contribution in [0.4, 0.5) is 0 Å². The van der Waals surface area contributed by atoms with Gasteiger partial charge < -0.3 is 4.90 Å². The largest absolute Gasteiger partial charge is 0.300 e. The summed E-state index contributed by atoms with van der Waals surface area (Å²) in [4.78, 5) is 2.57. The fraction of sp³-hybridized carbons (Fsp3) is 0.857. The first-order valence-corrected chi connectivity index (χ1v) is 6.53. The van der Waals surface area contributed by atoms with Crippen molar-refractivity contribution >= 4 is 0 Å². The second-order valence-electron chi connectivity index (χ2n) is 4.70. The summed E-state index contributed by atoms with van der Waals surface area (Å²) in [5.74, 6) is 0.723. The predicted octanol–water partition coefficient (Wildman–Crippen LogP) is 4.10. The molecule has 0 unspecified atom stereocenters. The Morgan fingerprint density at radius 1 is 1.00 bits per heavy atom. The van der Waals surface area contributed by atoms with Crippen LogP contribution in [-0.4, -0.2) is 24.0 Å². The highest BCUT2D eigenvalue weighted by Gasteiger charge is 2.15. The Hall–Kier alpha value is -0.300. The van der Waals surface area contributed by atoms with Gasteiger partial charge in [0.25, 0.3) is 0 Å². The molecule has 15 heavy (non-hydrogen) atoms. The van der Waals surface area contributed by atoms with Gasteiger partial charge in [0, 0.05) is 19.1 Å². The molecule has 0 saturated carbocycles. The SMILES string of the molecule is CC.CC(C)C=C1CCN(C(C)C)CC1. The third-order valence-electron chi connectivity index (χ3n) is 2.74. The number of hydrogen-bond donors (Lipinski definition) is 0. The Labute approximate surface area is 96.6 Å². The molecule has 0 N–H and O–H groups in total. The first-order chi connectivity index (χ1) is 7.09. The number of allylic oxidation sites excluding steroid dienone is 1. The lowest BCUT2D eigenvalue weighted by atomic mass is 9.99. The molecular formula is C14H29N. The summed E-state index contributed by atoms with van der Waals surface area (Å²) in [5.41, 5.74) is 1.67. The number of likely N-dealkylation sites (tertiary alicyclic amines) is 1. The molecule has 0 radical (unpaired) electrons. The van der Waals surface area contributed by atoms with Crippen LogP contribution in [0.15, 0.2) is 11.6 Å². The van der Waals surface area contributed by atoms with E-state index in [1.165, 1.54) is 25.9 Å².